The van der Waals surface area contributed by atoms with Gasteiger partial charge in [-0.25, -0.2) is 0 Å². The van der Waals surface area contributed by atoms with Crippen molar-refractivity contribution in [3.8, 4) is 5.75 Å². The highest BCUT2D eigenvalue weighted by Crippen LogP contribution is 2.24. The van der Waals surface area contributed by atoms with Gasteiger partial charge in [0.05, 0.1) is 25.4 Å². The van der Waals surface area contributed by atoms with Gasteiger partial charge < -0.3 is 20.4 Å². The molecule has 0 radical (unpaired) electrons. The molecule has 0 unspecified atom stereocenters. The Hall–Kier alpha value is -1.75. The van der Waals surface area contributed by atoms with Gasteiger partial charge in [0.25, 0.3) is 0 Å². The maximum absolute atomic E-state index is 8.71. The van der Waals surface area contributed by atoms with Gasteiger partial charge in [-0.05, 0) is 30.5 Å². The molecule has 0 aromatic heterocycles. The van der Waals surface area contributed by atoms with Crippen molar-refractivity contribution < 1.29 is 14.7 Å². The Kier molecular flexibility index (Phi) is 4.63. The number of nitrogens with zero attached hydrogens (tertiary/aromatic N) is 1. The molecule has 0 atom stereocenters. The van der Waals surface area contributed by atoms with E-state index in [4.69, 9.17) is 20.4 Å². The fraction of sp³-hybridized carbons (Fsp3) is 0.500. The van der Waals surface area contributed by atoms with E-state index in [0.29, 0.717) is 24.0 Å². The van der Waals surface area contributed by atoms with Crippen LogP contribution in [0.1, 0.15) is 36.8 Å². The molecule has 1 aliphatic rings. The third-order valence-corrected chi connectivity index (χ3v) is 3.44. The smallest absolute Gasteiger partial charge is 0.173 e. The summed E-state index contributed by atoms with van der Waals surface area (Å²) in [6, 6.07) is 5.55. The number of hydrogen-bond acceptors (Lipinski definition) is 4. The zero-order chi connectivity index (χ0) is 13.7. The average Bonchev–Trinajstić information content (AvgIpc) is 2.97. The van der Waals surface area contributed by atoms with E-state index < -0.39 is 0 Å². The second-order valence-electron chi connectivity index (χ2n) is 4.74. The van der Waals surface area contributed by atoms with E-state index in [1.165, 1.54) is 12.8 Å². The Morgan fingerprint density at radius 2 is 2.16 bits per heavy atom. The largest absolute Gasteiger partial charge is 0.496 e. The van der Waals surface area contributed by atoms with E-state index in [0.717, 1.165) is 18.4 Å². The molecule has 0 heterocycles. The van der Waals surface area contributed by atoms with Crippen LogP contribution in [0.25, 0.3) is 0 Å². The minimum Gasteiger partial charge on any atom is -0.496 e. The summed E-state index contributed by atoms with van der Waals surface area (Å²) < 4.78 is 11.1. The SMILES string of the molecule is COc1cc(COC2CCCC2)ccc1/C(N)=N/O. The number of methoxy groups -OCH3 is 1. The lowest BCUT2D eigenvalue weighted by atomic mass is 10.1. The lowest BCUT2D eigenvalue weighted by Crippen LogP contribution is -2.14. The minimum absolute atomic E-state index is 0.0418. The first-order chi connectivity index (χ1) is 9.24. The van der Waals surface area contributed by atoms with E-state index in [1.807, 2.05) is 12.1 Å². The fourth-order valence-electron chi connectivity index (χ4n) is 2.36. The lowest BCUT2D eigenvalue weighted by molar-refractivity contribution is 0.0456. The fourth-order valence-corrected chi connectivity index (χ4v) is 2.36. The molecular formula is C14H20N2O3. The summed E-state index contributed by atoms with van der Waals surface area (Å²) in [5.74, 6) is 0.628. The molecule has 1 aliphatic carbocycles. The van der Waals surface area contributed by atoms with Gasteiger partial charge in [-0.3, -0.25) is 0 Å². The van der Waals surface area contributed by atoms with E-state index in [-0.39, 0.29) is 5.84 Å². The van der Waals surface area contributed by atoms with Crippen LogP contribution in [0, 0.1) is 0 Å². The highest BCUT2D eigenvalue weighted by atomic mass is 16.5. The number of hydrogen-bond donors (Lipinski definition) is 2. The van der Waals surface area contributed by atoms with Gasteiger partial charge in [0.2, 0.25) is 0 Å². The van der Waals surface area contributed by atoms with E-state index in [1.54, 1.807) is 13.2 Å². The second-order valence-corrected chi connectivity index (χ2v) is 4.74. The van der Waals surface area contributed by atoms with Crippen LogP contribution in [0.15, 0.2) is 23.4 Å². The van der Waals surface area contributed by atoms with Crippen molar-refractivity contribution in [2.45, 2.75) is 38.4 Å². The number of amidine groups is 1. The van der Waals surface area contributed by atoms with Crippen LogP contribution in [0.5, 0.6) is 5.75 Å². The molecule has 1 fully saturated rings. The maximum Gasteiger partial charge on any atom is 0.173 e. The molecule has 104 valence electrons. The molecule has 5 heteroatoms. The standard InChI is InChI=1S/C14H20N2O3/c1-18-13-8-10(6-7-12(13)14(15)16-17)9-19-11-4-2-3-5-11/h6-8,11,17H,2-5,9H2,1H3,(H2,15,16). The molecule has 1 aromatic carbocycles. The summed E-state index contributed by atoms with van der Waals surface area (Å²) in [6.07, 6.45) is 5.21. The normalized spacial score (nSPS) is 16.8. The predicted molar refractivity (Wildman–Crippen MR) is 72.5 cm³/mol. The first-order valence-electron chi connectivity index (χ1n) is 6.51. The van der Waals surface area contributed by atoms with Gasteiger partial charge in [-0.15, -0.1) is 0 Å². The number of nitrogens with two attached hydrogens (primary N) is 1. The van der Waals surface area contributed by atoms with Crippen molar-refractivity contribution >= 4 is 5.84 Å². The molecule has 1 aromatic rings. The summed E-state index contributed by atoms with van der Waals surface area (Å²) in [5, 5.41) is 11.7. The van der Waals surface area contributed by atoms with Crippen LogP contribution in [0.4, 0.5) is 0 Å². The molecule has 19 heavy (non-hydrogen) atoms. The van der Waals surface area contributed by atoms with Gasteiger partial charge in [-0.1, -0.05) is 24.1 Å². The molecule has 3 N–H and O–H groups in total. The number of benzene rings is 1. The van der Waals surface area contributed by atoms with Crippen molar-refractivity contribution in [2.75, 3.05) is 7.11 Å². The van der Waals surface area contributed by atoms with Crippen LogP contribution in [0.2, 0.25) is 0 Å². The van der Waals surface area contributed by atoms with Gasteiger partial charge in [0.15, 0.2) is 5.84 Å². The van der Waals surface area contributed by atoms with Crippen LogP contribution in [0.3, 0.4) is 0 Å². The van der Waals surface area contributed by atoms with E-state index in [2.05, 4.69) is 5.16 Å². The zero-order valence-corrected chi connectivity index (χ0v) is 11.1. The number of oxime groups is 1. The summed E-state index contributed by atoms with van der Waals surface area (Å²) in [4.78, 5) is 0. The summed E-state index contributed by atoms with van der Waals surface area (Å²) >= 11 is 0. The molecule has 0 saturated heterocycles. The lowest BCUT2D eigenvalue weighted by Gasteiger charge is -2.13. The summed E-state index contributed by atoms with van der Waals surface area (Å²) in [5.41, 5.74) is 7.19. The summed E-state index contributed by atoms with van der Waals surface area (Å²) in [6.45, 7) is 0.567. The highest BCUT2D eigenvalue weighted by molar-refractivity contribution is 5.99. The number of ether oxygens (including phenoxy) is 2. The average molecular weight is 264 g/mol. The topological polar surface area (TPSA) is 77.1 Å². The molecule has 0 amide bonds. The van der Waals surface area contributed by atoms with Gasteiger partial charge in [0.1, 0.15) is 5.75 Å². The Balaban J connectivity index is 2.05. The van der Waals surface area contributed by atoms with Crippen molar-refractivity contribution in [1.29, 1.82) is 0 Å². The maximum atomic E-state index is 8.71. The quantitative estimate of drug-likeness (QED) is 0.370. The molecule has 5 nitrogen and oxygen atoms in total. The highest BCUT2D eigenvalue weighted by Gasteiger charge is 2.16. The van der Waals surface area contributed by atoms with Crippen molar-refractivity contribution in [3.05, 3.63) is 29.3 Å². The third-order valence-electron chi connectivity index (χ3n) is 3.44. The van der Waals surface area contributed by atoms with Crippen molar-refractivity contribution in [2.24, 2.45) is 10.9 Å². The van der Waals surface area contributed by atoms with Crippen LogP contribution >= 0.6 is 0 Å². The molecule has 0 spiro atoms. The molecule has 2 rings (SSSR count). The monoisotopic (exact) mass is 264 g/mol. The van der Waals surface area contributed by atoms with Crippen LogP contribution < -0.4 is 10.5 Å². The Morgan fingerprint density at radius 1 is 1.42 bits per heavy atom. The molecular weight excluding hydrogens is 244 g/mol. The first-order valence-corrected chi connectivity index (χ1v) is 6.51. The number of rotatable bonds is 5. The second kappa shape index (κ2) is 6.43. The Bertz CT molecular complexity index is 454. The van der Waals surface area contributed by atoms with Crippen molar-refractivity contribution in [3.63, 3.8) is 0 Å². The van der Waals surface area contributed by atoms with Crippen LogP contribution in [-0.4, -0.2) is 24.3 Å². The molecule has 1 saturated carbocycles. The third kappa shape index (κ3) is 3.38. The molecule has 0 aliphatic heterocycles. The van der Waals surface area contributed by atoms with Gasteiger partial charge in [0, 0.05) is 0 Å². The zero-order valence-electron chi connectivity index (χ0n) is 11.1. The molecule has 0 bridgehead atoms. The Morgan fingerprint density at radius 3 is 2.79 bits per heavy atom. The minimum atomic E-state index is 0.0418. The van der Waals surface area contributed by atoms with Crippen molar-refractivity contribution in [1.82, 2.24) is 0 Å². The first kappa shape index (κ1) is 13.7. The Labute approximate surface area is 113 Å². The summed E-state index contributed by atoms with van der Waals surface area (Å²) in [7, 11) is 1.56. The predicted octanol–water partition coefficient (Wildman–Crippen LogP) is 2.25. The van der Waals surface area contributed by atoms with Crippen LogP contribution in [-0.2, 0) is 11.3 Å². The van der Waals surface area contributed by atoms with E-state index >= 15 is 0 Å². The van der Waals surface area contributed by atoms with E-state index in [9.17, 15) is 0 Å². The van der Waals surface area contributed by atoms with Gasteiger partial charge >= 0.3 is 0 Å². The van der Waals surface area contributed by atoms with Gasteiger partial charge in [-0.2, -0.15) is 0 Å².